The highest BCUT2D eigenvalue weighted by Crippen LogP contribution is 2.17. The molecule has 0 radical (unpaired) electrons. The van der Waals surface area contributed by atoms with Crippen molar-refractivity contribution in [2.45, 2.75) is 78.4 Å². The molecule has 0 aromatic carbocycles. The molecule has 0 aliphatic heterocycles. The molecule has 0 aromatic rings. The molecule has 0 spiro atoms. The minimum Gasteiger partial charge on any atom is -0.460 e. The Kier molecular flexibility index (Phi) is 7.44. The third-order valence-electron chi connectivity index (χ3n) is 2.71. The van der Waals surface area contributed by atoms with Gasteiger partial charge in [0.2, 0.25) is 0 Å². The fourth-order valence-electron chi connectivity index (χ4n) is 1.58. The second-order valence-electron chi connectivity index (χ2n) is 5.74. The van der Waals surface area contributed by atoms with Crippen LogP contribution in [0.25, 0.3) is 0 Å². The van der Waals surface area contributed by atoms with Gasteiger partial charge in [-0.2, -0.15) is 0 Å². The van der Waals surface area contributed by atoms with Crippen molar-refractivity contribution >= 4 is 5.97 Å². The Morgan fingerprint density at radius 1 is 1.24 bits per heavy atom. The predicted molar refractivity (Wildman–Crippen MR) is 69.8 cm³/mol. The summed E-state index contributed by atoms with van der Waals surface area (Å²) in [6, 6.07) is 0. The number of hydrogen-bond donors (Lipinski definition) is 1. The first-order chi connectivity index (χ1) is 7.78. The molecule has 0 aliphatic carbocycles. The van der Waals surface area contributed by atoms with Crippen LogP contribution in [0.3, 0.4) is 0 Å². The summed E-state index contributed by atoms with van der Waals surface area (Å²) in [5, 5.41) is 9.88. The highest BCUT2D eigenvalue weighted by molar-refractivity contribution is 5.73. The summed E-state index contributed by atoms with van der Waals surface area (Å²) >= 11 is 0. The summed E-state index contributed by atoms with van der Waals surface area (Å²) in [6.07, 6.45) is 4.56. The number of carbonyl (C=O) groups is 1. The maximum Gasteiger partial charge on any atom is 0.311 e. The molecule has 0 aromatic heterocycles. The van der Waals surface area contributed by atoms with Crippen LogP contribution in [0.2, 0.25) is 0 Å². The number of unbranched alkanes of at least 4 members (excludes halogenated alkanes) is 3. The van der Waals surface area contributed by atoms with Gasteiger partial charge in [-0.25, -0.2) is 0 Å². The van der Waals surface area contributed by atoms with E-state index in [4.69, 9.17) is 4.74 Å². The number of esters is 1. The van der Waals surface area contributed by atoms with Crippen LogP contribution >= 0.6 is 0 Å². The van der Waals surface area contributed by atoms with Gasteiger partial charge in [-0.05, 0) is 34.1 Å². The van der Waals surface area contributed by atoms with Crippen molar-refractivity contribution in [3.63, 3.8) is 0 Å². The molecule has 0 heterocycles. The van der Waals surface area contributed by atoms with Gasteiger partial charge in [0.1, 0.15) is 5.60 Å². The van der Waals surface area contributed by atoms with Crippen molar-refractivity contribution < 1.29 is 14.6 Å². The van der Waals surface area contributed by atoms with E-state index in [1.54, 1.807) is 6.92 Å². The summed E-state index contributed by atoms with van der Waals surface area (Å²) in [7, 11) is 0. The Bertz CT molecular complexity index is 218. The van der Waals surface area contributed by atoms with Crippen molar-refractivity contribution in [3.8, 4) is 0 Å². The molecular weight excluding hydrogens is 216 g/mol. The monoisotopic (exact) mass is 244 g/mol. The largest absolute Gasteiger partial charge is 0.460 e. The molecule has 0 bridgehead atoms. The van der Waals surface area contributed by atoms with E-state index in [1.807, 2.05) is 20.8 Å². The van der Waals surface area contributed by atoms with E-state index in [2.05, 4.69) is 6.92 Å². The van der Waals surface area contributed by atoms with Gasteiger partial charge in [-0.15, -0.1) is 0 Å². The van der Waals surface area contributed by atoms with Crippen molar-refractivity contribution in [1.29, 1.82) is 0 Å². The summed E-state index contributed by atoms with van der Waals surface area (Å²) in [6.45, 7) is 9.40. The fourth-order valence-corrected chi connectivity index (χ4v) is 1.58. The van der Waals surface area contributed by atoms with Crippen LogP contribution in [0, 0.1) is 5.92 Å². The molecule has 0 aliphatic rings. The highest BCUT2D eigenvalue weighted by Gasteiger charge is 2.26. The van der Waals surface area contributed by atoms with Crippen LogP contribution in [0.1, 0.15) is 66.7 Å². The number of aliphatic hydroxyl groups excluding tert-OH is 1. The van der Waals surface area contributed by atoms with Gasteiger partial charge in [0, 0.05) is 0 Å². The van der Waals surface area contributed by atoms with Crippen LogP contribution < -0.4 is 0 Å². The van der Waals surface area contributed by atoms with Gasteiger partial charge in [0.15, 0.2) is 0 Å². The zero-order chi connectivity index (χ0) is 13.5. The lowest BCUT2D eigenvalue weighted by atomic mass is 9.98. The maximum absolute atomic E-state index is 11.7. The Morgan fingerprint density at radius 2 is 1.82 bits per heavy atom. The topological polar surface area (TPSA) is 46.5 Å². The molecule has 3 heteroatoms. The normalized spacial score (nSPS) is 15.4. The van der Waals surface area contributed by atoms with E-state index < -0.39 is 17.6 Å². The first-order valence-corrected chi connectivity index (χ1v) is 6.69. The van der Waals surface area contributed by atoms with E-state index in [-0.39, 0.29) is 5.97 Å². The first kappa shape index (κ1) is 16.4. The van der Waals surface area contributed by atoms with Crippen LogP contribution in [0.5, 0.6) is 0 Å². The van der Waals surface area contributed by atoms with Gasteiger partial charge in [0.05, 0.1) is 12.0 Å². The average Bonchev–Trinajstić information content (AvgIpc) is 2.20. The molecule has 17 heavy (non-hydrogen) atoms. The molecule has 0 amide bonds. The van der Waals surface area contributed by atoms with Gasteiger partial charge in [0.25, 0.3) is 0 Å². The molecule has 1 N–H and O–H groups in total. The predicted octanol–water partition coefficient (Wildman–Crippen LogP) is 3.30. The first-order valence-electron chi connectivity index (χ1n) is 6.69. The number of ether oxygens (including phenoxy) is 1. The van der Waals surface area contributed by atoms with E-state index in [9.17, 15) is 9.90 Å². The van der Waals surface area contributed by atoms with Crippen LogP contribution in [-0.4, -0.2) is 22.8 Å². The van der Waals surface area contributed by atoms with Crippen LogP contribution in [0.4, 0.5) is 0 Å². The molecule has 0 saturated heterocycles. The Morgan fingerprint density at radius 3 is 2.29 bits per heavy atom. The molecular formula is C14H28O3. The molecule has 0 saturated carbocycles. The van der Waals surface area contributed by atoms with Crippen LogP contribution in [-0.2, 0) is 9.53 Å². The zero-order valence-electron chi connectivity index (χ0n) is 12.0. The quantitative estimate of drug-likeness (QED) is 0.552. The molecule has 0 rings (SSSR count). The summed E-state index contributed by atoms with van der Waals surface area (Å²) < 4.78 is 5.25. The fraction of sp³-hybridized carbons (Fsp3) is 0.929. The minimum atomic E-state index is -0.582. The third kappa shape index (κ3) is 8.19. The number of rotatable bonds is 7. The summed E-state index contributed by atoms with van der Waals surface area (Å²) in [5.41, 5.74) is -0.479. The molecule has 102 valence electrons. The van der Waals surface area contributed by atoms with Crippen LogP contribution in [0.15, 0.2) is 0 Å². The number of aliphatic hydroxyl groups is 1. The summed E-state index contributed by atoms with van der Waals surface area (Å²) in [5.74, 6) is -0.739. The second-order valence-corrected chi connectivity index (χ2v) is 5.74. The van der Waals surface area contributed by atoms with Gasteiger partial charge in [-0.3, -0.25) is 4.79 Å². The van der Waals surface area contributed by atoms with E-state index in [0.29, 0.717) is 6.42 Å². The van der Waals surface area contributed by atoms with Gasteiger partial charge >= 0.3 is 5.97 Å². The van der Waals surface area contributed by atoms with Crippen molar-refractivity contribution in [2.75, 3.05) is 0 Å². The summed E-state index contributed by atoms with van der Waals surface area (Å²) in [4.78, 5) is 11.7. The molecule has 2 unspecified atom stereocenters. The number of carbonyl (C=O) groups excluding carboxylic acids is 1. The molecule has 0 fully saturated rings. The molecule has 2 atom stereocenters. The zero-order valence-corrected chi connectivity index (χ0v) is 12.0. The van der Waals surface area contributed by atoms with Crippen molar-refractivity contribution in [1.82, 2.24) is 0 Å². The maximum atomic E-state index is 11.7. The molecule has 3 nitrogen and oxygen atoms in total. The van der Waals surface area contributed by atoms with Crippen molar-refractivity contribution in [2.24, 2.45) is 5.92 Å². The SMILES string of the molecule is CCCCCCC(O)C(C)C(=O)OC(C)(C)C. The third-order valence-corrected chi connectivity index (χ3v) is 2.71. The smallest absolute Gasteiger partial charge is 0.311 e. The standard InChI is InChI=1S/C14H28O3/c1-6-7-8-9-10-12(15)11(2)13(16)17-14(3,4)5/h11-12,15H,6-10H2,1-5H3. The Hall–Kier alpha value is -0.570. The van der Waals surface area contributed by atoms with E-state index in [0.717, 1.165) is 12.8 Å². The number of hydrogen-bond acceptors (Lipinski definition) is 3. The second kappa shape index (κ2) is 7.70. The highest BCUT2D eigenvalue weighted by atomic mass is 16.6. The lowest BCUT2D eigenvalue weighted by molar-refractivity contribution is -0.163. The minimum absolute atomic E-state index is 0.305. The Labute approximate surface area is 106 Å². The van der Waals surface area contributed by atoms with Crippen molar-refractivity contribution in [3.05, 3.63) is 0 Å². The lowest BCUT2D eigenvalue weighted by Crippen LogP contribution is -2.33. The average molecular weight is 244 g/mol. The lowest BCUT2D eigenvalue weighted by Gasteiger charge is -2.24. The van der Waals surface area contributed by atoms with E-state index in [1.165, 1.54) is 12.8 Å². The Balaban J connectivity index is 3.95. The van der Waals surface area contributed by atoms with Gasteiger partial charge < -0.3 is 9.84 Å². The van der Waals surface area contributed by atoms with E-state index >= 15 is 0 Å². The van der Waals surface area contributed by atoms with Gasteiger partial charge in [-0.1, -0.05) is 32.6 Å².